The van der Waals surface area contributed by atoms with Crippen LogP contribution in [0.2, 0.25) is 10.3 Å². The molecule has 1 aromatic carbocycles. The second-order valence-electron chi connectivity index (χ2n) is 9.35. The number of likely N-dealkylation sites (tertiary alicyclic amines) is 1. The molecular formula is C25H29Cl2F3N4O5. The average Bonchev–Trinajstić information content (AvgIpc) is 3.19. The van der Waals surface area contributed by atoms with Gasteiger partial charge in [-0.2, -0.15) is 13.2 Å². The Morgan fingerprint density at radius 2 is 1.72 bits per heavy atom. The summed E-state index contributed by atoms with van der Waals surface area (Å²) in [5, 5.41) is 13.5. The number of methoxy groups -OCH3 is 2. The molecule has 1 aliphatic carbocycles. The lowest BCUT2D eigenvalue weighted by molar-refractivity contribution is -0.192. The maximum absolute atomic E-state index is 12.6. The van der Waals surface area contributed by atoms with Gasteiger partial charge in [-0.1, -0.05) is 29.3 Å². The highest BCUT2D eigenvalue weighted by atomic mass is 35.5. The standard InChI is InChI=1S/C23H28Cl2N4O3.C2HF3O2/c1-29-9-8-23(14-4-5-17(31-2)18(10-14)32-3)7-6-15(11-19(23)29)26-22(30)27-16-12-20(24)28-21(25)13-16;3-2(4,5)1(6)7/h4-5,10,12-13,15,19H,6-9,11H2,1-3H3,(H2,26,27,28,30);(H,6,7). The van der Waals surface area contributed by atoms with Crippen molar-refractivity contribution in [3.05, 3.63) is 46.2 Å². The highest BCUT2D eigenvalue weighted by Gasteiger charge is 2.50. The number of nitrogens with zero attached hydrogens (tertiary/aromatic N) is 2. The monoisotopic (exact) mass is 592 g/mol. The van der Waals surface area contributed by atoms with E-state index >= 15 is 0 Å². The average molecular weight is 593 g/mol. The molecule has 39 heavy (non-hydrogen) atoms. The molecule has 214 valence electrons. The van der Waals surface area contributed by atoms with Crippen LogP contribution in [-0.2, 0) is 10.2 Å². The summed E-state index contributed by atoms with van der Waals surface area (Å²) in [6.45, 7) is 1.02. The number of carboxylic acids is 1. The van der Waals surface area contributed by atoms with E-state index in [4.69, 9.17) is 42.6 Å². The van der Waals surface area contributed by atoms with Gasteiger partial charge in [-0.3, -0.25) is 0 Å². The fourth-order valence-corrected chi connectivity index (χ4v) is 5.74. The number of rotatable bonds is 5. The van der Waals surface area contributed by atoms with Crippen LogP contribution in [0.25, 0.3) is 0 Å². The van der Waals surface area contributed by atoms with Gasteiger partial charge < -0.3 is 30.1 Å². The first-order valence-electron chi connectivity index (χ1n) is 11.9. The molecule has 2 heterocycles. The number of halogens is 5. The molecule has 0 spiro atoms. The van der Waals surface area contributed by atoms with Crippen LogP contribution >= 0.6 is 23.2 Å². The Labute approximate surface area is 233 Å². The first-order chi connectivity index (χ1) is 18.3. The minimum atomic E-state index is -5.08. The molecule has 9 nitrogen and oxygen atoms in total. The summed E-state index contributed by atoms with van der Waals surface area (Å²) in [5.41, 5.74) is 1.82. The summed E-state index contributed by atoms with van der Waals surface area (Å²) < 4.78 is 42.7. The summed E-state index contributed by atoms with van der Waals surface area (Å²) in [5.74, 6) is -1.27. The summed E-state index contributed by atoms with van der Waals surface area (Å²) in [6, 6.07) is 9.52. The number of carbonyl (C=O) groups is 2. The van der Waals surface area contributed by atoms with Crippen LogP contribution in [0.5, 0.6) is 11.5 Å². The number of benzene rings is 1. The fraction of sp³-hybridized carbons (Fsp3) is 0.480. The van der Waals surface area contributed by atoms with Crippen molar-refractivity contribution in [3.63, 3.8) is 0 Å². The van der Waals surface area contributed by atoms with Gasteiger partial charge in [0, 0.05) is 23.2 Å². The van der Waals surface area contributed by atoms with E-state index < -0.39 is 12.1 Å². The largest absolute Gasteiger partial charge is 0.493 e. The third-order valence-corrected chi connectivity index (χ3v) is 7.47. The number of carbonyl (C=O) groups excluding carboxylic acids is 1. The third kappa shape index (κ3) is 7.37. The number of amides is 2. The second-order valence-corrected chi connectivity index (χ2v) is 10.1. The van der Waals surface area contributed by atoms with Crippen LogP contribution < -0.4 is 20.1 Å². The lowest BCUT2D eigenvalue weighted by Gasteiger charge is -2.45. The Balaban J connectivity index is 0.000000532. The van der Waals surface area contributed by atoms with E-state index in [1.807, 2.05) is 6.07 Å². The topological polar surface area (TPSA) is 113 Å². The number of carboxylic acid groups (broad SMARTS) is 1. The van der Waals surface area contributed by atoms with Crippen molar-refractivity contribution in [2.75, 3.05) is 33.1 Å². The molecular weight excluding hydrogens is 564 g/mol. The van der Waals surface area contributed by atoms with Crippen molar-refractivity contribution in [2.45, 2.75) is 49.4 Å². The lowest BCUT2D eigenvalue weighted by atomic mass is 9.65. The normalized spacial score (nSPS) is 22.7. The summed E-state index contributed by atoms with van der Waals surface area (Å²) in [7, 11) is 5.48. The van der Waals surface area contributed by atoms with Crippen LogP contribution in [-0.4, -0.2) is 73.1 Å². The van der Waals surface area contributed by atoms with Gasteiger partial charge in [0.25, 0.3) is 0 Å². The van der Waals surface area contributed by atoms with E-state index in [9.17, 15) is 18.0 Å². The number of ether oxygens (including phenoxy) is 2. The Hall–Kier alpha value is -2.96. The first kappa shape index (κ1) is 30.6. The summed E-state index contributed by atoms with van der Waals surface area (Å²) >= 11 is 11.9. The van der Waals surface area contributed by atoms with Gasteiger partial charge in [-0.25, -0.2) is 14.6 Å². The van der Waals surface area contributed by atoms with E-state index in [1.54, 1.807) is 26.4 Å². The number of alkyl halides is 3. The molecule has 1 aromatic heterocycles. The zero-order valence-corrected chi connectivity index (χ0v) is 23.0. The summed E-state index contributed by atoms with van der Waals surface area (Å²) in [4.78, 5) is 27.8. The number of hydrogen-bond acceptors (Lipinski definition) is 6. The number of urea groups is 1. The molecule has 14 heteroatoms. The molecule has 3 unspecified atom stereocenters. The third-order valence-electron chi connectivity index (χ3n) is 7.08. The highest BCUT2D eigenvalue weighted by molar-refractivity contribution is 6.33. The van der Waals surface area contributed by atoms with Crippen LogP contribution in [0.3, 0.4) is 0 Å². The predicted molar refractivity (Wildman–Crippen MR) is 140 cm³/mol. The highest BCUT2D eigenvalue weighted by Crippen LogP contribution is 2.49. The molecule has 0 radical (unpaired) electrons. The Bertz CT molecular complexity index is 1180. The molecule has 1 saturated carbocycles. The number of aromatic nitrogens is 1. The molecule has 2 aliphatic rings. The van der Waals surface area contributed by atoms with Gasteiger partial charge >= 0.3 is 18.2 Å². The minimum absolute atomic E-state index is 0.0368. The Kier molecular flexibility index (Phi) is 9.78. The Morgan fingerprint density at radius 1 is 1.10 bits per heavy atom. The maximum Gasteiger partial charge on any atom is 0.490 e. The van der Waals surface area contributed by atoms with Gasteiger partial charge in [-0.15, -0.1) is 0 Å². The molecule has 2 amide bonds. The van der Waals surface area contributed by atoms with E-state index in [1.165, 1.54) is 5.56 Å². The molecule has 3 N–H and O–H groups in total. The van der Waals surface area contributed by atoms with E-state index in [0.717, 1.165) is 43.7 Å². The van der Waals surface area contributed by atoms with Crippen LogP contribution in [0, 0.1) is 0 Å². The lowest BCUT2D eigenvalue weighted by Crippen LogP contribution is -2.52. The fourth-order valence-electron chi connectivity index (χ4n) is 5.28. The molecule has 1 saturated heterocycles. The number of aliphatic carboxylic acids is 1. The number of anilines is 1. The predicted octanol–water partition coefficient (Wildman–Crippen LogP) is 5.36. The van der Waals surface area contributed by atoms with Crippen molar-refractivity contribution in [1.82, 2.24) is 15.2 Å². The molecule has 0 bridgehead atoms. The van der Waals surface area contributed by atoms with Gasteiger partial charge in [0.2, 0.25) is 0 Å². The second kappa shape index (κ2) is 12.5. The zero-order valence-electron chi connectivity index (χ0n) is 21.4. The van der Waals surface area contributed by atoms with Crippen LogP contribution in [0.1, 0.15) is 31.2 Å². The first-order valence-corrected chi connectivity index (χ1v) is 12.7. The number of likely N-dealkylation sites (N-methyl/N-ethyl adjacent to an activating group) is 1. The maximum atomic E-state index is 12.6. The molecule has 2 aromatic rings. The number of pyridine rings is 1. The van der Waals surface area contributed by atoms with Crippen molar-refractivity contribution in [1.29, 1.82) is 0 Å². The van der Waals surface area contributed by atoms with E-state index in [0.29, 0.717) is 11.7 Å². The zero-order chi connectivity index (χ0) is 29.0. The van der Waals surface area contributed by atoms with Gasteiger partial charge in [-0.05, 0) is 69.1 Å². The van der Waals surface area contributed by atoms with Gasteiger partial charge in [0.1, 0.15) is 10.3 Å². The number of fused-ring (bicyclic) bond motifs is 1. The van der Waals surface area contributed by atoms with Crippen LogP contribution in [0.4, 0.5) is 23.7 Å². The Morgan fingerprint density at radius 3 is 2.28 bits per heavy atom. The van der Waals surface area contributed by atoms with Gasteiger partial charge in [0.05, 0.1) is 14.2 Å². The molecule has 3 atom stereocenters. The van der Waals surface area contributed by atoms with Crippen molar-refractivity contribution < 1.29 is 37.3 Å². The van der Waals surface area contributed by atoms with Crippen molar-refractivity contribution in [2.24, 2.45) is 0 Å². The molecule has 1 aliphatic heterocycles. The van der Waals surface area contributed by atoms with E-state index in [2.05, 4.69) is 39.7 Å². The summed E-state index contributed by atoms with van der Waals surface area (Å²) in [6.07, 6.45) is -1.26. The SMILES string of the molecule is COc1ccc(C23CCC(NC(=O)Nc4cc(Cl)nc(Cl)c4)CC2N(C)CC3)cc1OC.O=C(O)C(F)(F)F. The van der Waals surface area contributed by atoms with Crippen molar-refractivity contribution in [3.8, 4) is 11.5 Å². The van der Waals surface area contributed by atoms with Gasteiger partial charge in [0.15, 0.2) is 11.5 Å². The quantitative estimate of drug-likeness (QED) is 0.401. The minimum Gasteiger partial charge on any atom is -0.493 e. The van der Waals surface area contributed by atoms with Crippen LogP contribution in [0.15, 0.2) is 30.3 Å². The van der Waals surface area contributed by atoms with Crippen molar-refractivity contribution >= 4 is 40.9 Å². The number of nitrogens with one attached hydrogen (secondary N) is 2. The smallest absolute Gasteiger partial charge is 0.490 e. The number of hydrogen-bond donors (Lipinski definition) is 3. The van der Waals surface area contributed by atoms with E-state index in [-0.39, 0.29) is 27.8 Å². The molecule has 4 rings (SSSR count). The molecule has 2 fully saturated rings.